The fourth-order valence-corrected chi connectivity index (χ4v) is 5.49. The molecular formula is C31H41ClN6O9. The van der Waals surface area contributed by atoms with Gasteiger partial charge in [0, 0.05) is 31.9 Å². The highest BCUT2D eigenvalue weighted by atomic mass is 35.5. The third-order valence-electron chi connectivity index (χ3n) is 7.74. The summed E-state index contributed by atoms with van der Waals surface area (Å²) in [5, 5.41) is 35.2. The molecule has 0 spiro atoms. The van der Waals surface area contributed by atoms with Crippen molar-refractivity contribution in [3.8, 4) is 18.1 Å². The van der Waals surface area contributed by atoms with Crippen LogP contribution in [0, 0.1) is 12.3 Å². The van der Waals surface area contributed by atoms with Crippen molar-refractivity contribution in [2.24, 2.45) is 0 Å². The average molecular weight is 677 g/mol. The number of ether oxygens (including phenoxy) is 6. The van der Waals surface area contributed by atoms with Crippen LogP contribution in [0.15, 0.2) is 30.5 Å². The molecule has 0 unspecified atom stereocenters. The molecule has 256 valence electrons. The number of anilines is 2. The molecule has 1 aromatic carbocycles. The van der Waals surface area contributed by atoms with Gasteiger partial charge in [0.15, 0.2) is 11.9 Å². The molecule has 3 N–H and O–H groups in total. The number of hydrogen-bond donors (Lipinski definition) is 3. The smallest absolute Gasteiger partial charge is 0.226 e. The van der Waals surface area contributed by atoms with Gasteiger partial charge in [0.2, 0.25) is 5.28 Å². The largest absolute Gasteiger partial charge is 0.491 e. The van der Waals surface area contributed by atoms with Crippen molar-refractivity contribution < 1.29 is 43.7 Å². The van der Waals surface area contributed by atoms with Crippen molar-refractivity contribution >= 4 is 34.1 Å². The van der Waals surface area contributed by atoms with Gasteiger partial charge in [-0.15, -0.1) is 6.42 Å². The monoisotopic (exact) mass is 676 g/mol. The van der Waals surface area contributed by atoms with E-state index in [2.05, 4.69) is 30.8 Å². The predicted molar refractivity (Wildman–Crippen MR) is 172 cm³/mol. The minimum Gasteiger partial charge on any atom is -0.491 e. The maximum Gasteiger partial charge on any atom is 0.226 e. The normalized spacial score (nSPS) is 21.4. The van der Waals surface area contributed by atoms with Crippen molar-refractivity contribution in [1.29, 1.82) is 0 Å². The third-order valence-corrected chi connectivity index (χ3v) is 7.91. The van der Waals surface area contributed by atoms with Gasteiger partial charge in [0.05, 0.1) is 64.4 Å². The third kappa shape index (κ3) is 9.20. The first-order chi connectivity index (χ1) is 23.0. The fraction of sp³-hybridized carbons (Fsp3) is 0.581. The molecule has 0 aliphatic carbocycles. The van der Waals surface area contributed by atoms with E-state index in [-0.39, 0.29) is 5.28 Å². The van der Waals surface area contributed by atoms with Gasteiger partial charge in [0.1, 0.15) is 43.1 Å². The summed E-state index contributed by atoms with van der Waals surface area (Å²) in [5.41, 5.74) is 1.45. The van der Waals surface area contributed by atoms with Gasteiger partial charge in [-0.3, -0.25) is 0 Å². The Hall–Kier alpha value is -3.30. The van der Waals surface area contributed by atoms with Crippen molar-refractivity contribution in [2.75, 3.05) is 102 Å². The summed E-state index contributed by atoms with van der Waals surface area (Å²) in [7, 11) is 0. The van der Waals surface area contributed by atoms with E-state index < -0.39 is 31.1 Å². The molecule has 0 amide bonds. The highest BCUT2D eigenvalue weighted by Gasteiger charge is 2.44. The Balaban J connectivity index is 1.02. The Morgan fingerprint density at radius 3 is 2.09 bits per heavy atom. The quantitative estimate of drug-likeness (QED) is 0.0968. The SMILES string of the molecule is C#CCOCCOCCOCCOCCOc1ccc(N2CCN(c3nc(Cl)nc4c3cnn4[C@@H]3O[C@H](CO)[C@@H](O)[C@H]3O)CC2)cc1. The number of terminal acetylenes is 1. The molecule has 4 atom stereocenters. The van der Waals surface area contributed by atoms with Crippen LogP contribution in [0.2, 0.25) is 5.28 Å². The number of rotatable bonds is 18. The summed E-state index contributed by atoms with van der Waals surface area (Å²) in [6.45, 7) is 6.47. The molecule has 0 radical (unpaired) electrons. The lowest BCUT2D eigenvalue weighted by Gasteiger charge is -2.37. The zero-order chi connectivity index (χ0) is 33.0. The van der Waals surface area contributed by atoms with E-state index in [1.54, 1.807) is 6.20 Å². The molecule has 3 aromatic rings. The van der Waals surface area contributed by atoms with Gasteiger partial charge in [-0.25, -0.2) is 4.68 Å². The molecule has 2 aromatic heterocycles. The lowest BCUT2D eigenvalue weighted by atomic mass is 10.1. The van der Waals surface area contributed by atoms with Crippen LogP contribution in [0.1, 0.15) is 6.23 Å². The van der Waals surface area contributed by atoms with Gasteiger partial charge < -0.3 is 53.5 Å². The molecule has 2 saturated heterocycles. The first kappa shape index (κ1) is 35.0. The number of nitrogens with zero attached hydrogens (tertiary/aromatic N) is 6. The summed E-state index contributed by atoms with van der Waals surface area (Å²) in [6, 6.07) is 7.96. The molecule has 2 aliphatic rings. The second-order valence-corrected chi connectivity index (χ2v) is 11.1. The first-order valence-electron chi connectivity index (χ1n) is 15.5. The summed E-state index contributed by atoms with van der Waals surface area (Å²) >= 11 is 6.31. The number of aromatic nitrogens is 4. The fourth-order valence-electron chi connectivity index (χ4n) is 5.33. The number of aliphatic hydroxyl groups excluding tert-OH is 3. The Morgan fingerprint density at radius 2 is 1.47 bits per heavy atom. The van der Waals surface area contributed by atoms with Gasteiger partial charge in [-0.1, -0.05) is 5.92 Å². The van der Waals surface area contributed by atoms with E-state index in [1.807, 2.05) is 24.3 Å². The van der Waals surface area contributed by atoms with Gasteiger partial charge in [-0.2, -0.15) is 15.1 Å². The number of halogens is 1. The second-order valence-electron chi connectivity index (χ2n) is 10.8. The van der Waals surface area contributed by atoms with Crippen molar-refractivity contribution in [1.82, 2.24) is 19.7 Å². The highest BCUT2D eigenvalue weighted by Crippen LogP contribution is 2.34. The molecule has 5 rings (SSSR count). The molecular weight excluding hydrogens is 636 g/mol. The lowest BCUT2D eigenvalue weighted by Crippen LogP contribution is -2.47. The molecule has 2 aliphatic heterocycles. The number of hydrogen-bond acceptors (Lipinski definition) is 14. The Bertz CT molecular complexity index is 1430. The van der Waals surface area contributed by atoms with E-state index in [0.29, 0.717) is 89.4 Å². The minimum atomic E-state index is -1.29. The molecule has 47 heavy (non-hydrogen) atoms. The van der Waals surface area contributed by atoms with E-state index in [9.17, 15) is 15.3 Å². The van der Waals surface area contributed by atoms with E-state index in [0.717, 1.165) is 24.5 Å². The number of piperazine rings is 1. The summed E-state index contributed by atoms with van der Waals surface area (Å²) in [6.07, 6.45) is 2.19. The topological polar surface area (TPSA) is 166 Å². The highest BCUT2D eigenvalue weighted by molar-refractivity contribution is 6.28. The summed E-state index contributed by atoms with van der Waals surface area (Å²) in [5.74, 6) is 3.79. The predicted octanol–water partition coefficient (Wildman–Crippen LogP) is 0.496. The molecule has 15 nitrogen and oxygen atoms in total. The van der Waals surface area contributed by atoms with Crippen LogP contribution in [0.4, 0.5) is 11.5 Å². The number of aliphatic hydroxyl groups is 3. The summed E-state index contributed by atoms with van der Waals surface area (Å²) < 4.78 is 34.4. The van der Waals surface area contributed by atoms with Crippen molar-refractivity contribution in [3.63, 3.8) is 0 Å². The maximum atomic E-state index is 10.5. The maximum absolute atomic E-state index is 10.5. The minimum absolute atomic E-state index is 0.0262. The zero-order valence-corrected chi connectivity index (χ0v) is 26.8. The van der Waals surface area contributed by atoms with Crippen LogP contribution in [0.25, 0.3) is 11.0 Å². The van der Waals surface area contributed by atoms with Crippen LogP contribution in [-0.2, 0) is 23.7 Å². The molecule has 4 heterocycles. The molecule has 0 bridgehead atoms. The Labute approximate surface area is 277 Å². The number of benzene rings is 1. The van der Waals surface area contributed by atoms with Crippen molar-refractivity contribution in [3.05, 3.63) is 35.7 Å². The van der Waals surface area contributed by atoms with E-state index in [4.69, 9.17) is 46.4 Å². The zero-order valence-electron chi connectivity index (χ0n) is 26.0. The molecule has 16 heteroatoms. The van der Waals surface area contributed by atoms with Gasteiger partial charge >= 0.3 is 0 Å². The van der Waals surface area contributed by atoms with Crippen LogP contribution >= 0.6 is 11.6 Å². The molecule has 0 saturated carbocycles. The van der Waals surface area contributed by atoms with Crippen LogP contribution in [0.3, 0.4) is 0 Å². The second kappa shape index (κ2) is 17.7. The van der Waals surface area contributed by atoms with Crippen LogP contribution < -0.4 is 14.5 Å². The van der Waals surface area contributed by atoms with E-state index in [1.165, 1.54) is 4.68 Å². The average Bonchev–Trinajstić information content (AvgIpc) is 3.64. The molecule has 2 fully saturated rings. The Kier molecular flexibility index (Phi) is 13.2. The van der Waals surface area contributed by atoms with E-state index >= 15 is 0 Å². The Morgan fingerprint density at radius 1 is 0.851 bits per heavy atom. The summed E-state index contributed by atoms with van der Waals surface area (Å²) in [4.78, 5) is 13.2. The first-order valence-corrected chi connectivity index (χ1v) is 15.9. The van der Waals surface area contributed by atoms with Gasteiger partial charge in [0.25, 0.3) is 0 Å². The lowest BCUT2D eigenvalue weighted by molar-refractivity contribution is -0.0566. The van der Waals surface area contributed by atoms with Crippen LogP contribution in [-0.4, -0.2) is 146 Å². The number of fused-ring (bicyclic) bond motifs is 1. The standard InChI is InChI=1S/C31H41ClN6O9/c1-2-11-42-12-13-43-14-15-44-16-17-45-18-19-46-23-5-3-22(4-6-23)36-7-9-37(10-8-36)28-24-20-33-38(29(24)35-31(32)34-28)30-27(41)26(40)25(21-39)47-30/h1,3-6,20,25-27,30,39-41H,7-19,21H2/t25-,26-,27-,30-/m1/s1. The van der Waals surface area contributed by atoms with Gasteiger partial charge in [-0.05, 0) is 35.9 Å². The van der Waals surface area contributed by atoms with Crippen LogP contribution in [0.5, 0.6) is 5.75 Å². The van der Waals surface area contributed by atoms with Crippen molar-refractivity contribution in [2.45, 2.75) is 24.5 Å².